The predicted octanol–water partition coefficient (Wildman–Crippen LogP) is 4.77. The van der Waals surface area contributed by atoms with Gasteiger partial charge in [0.25, 0.3) is 0 Å². The molecule has 0 unspecified atom stereocenters. The van der Waals surface area contributed by atoms with E-state index < -0.39 is 5.60 Å². The van der Waals surface area contributed by atoms with Gasteiger partial charge in [0.15, 0.2) is 0 Å². The van der Waals surface area contributed by atoms with Gasteiger partial charge in [-0.15, -0.1) is 0 Å². The summed E-state index contributed by atoms with van der Waals surface area (Å²) >= 11 is 0. The third-order valence-corrected chi connectivity index (χ3v) is 6.62. The van der Waals surface area contributed by atoms with Crippen LogP contribution in [0.1, 0.15) is 44.6 Å². The normalized spacial score (nSPS) is 16.0. The lowest BCUT2D eigenvalue weighted by Crippen LogP contribution is -2.46. The summed E-state index contributed by atoms with van der Waals surface area (Å²) < 4.78 is 11.0. The van der Waals surface area contributed by atoms with Crippen LogP contribution in [0.15, 0.2) is 48.5 Å². The van der Waals surface area contributed by atoms with Gasteiger partial charge >= 0.3 is 0 Å². The van der Waals surface area contributed by atoms with E-state index in [1.54, 1.807) is 7.11 Å². The van der Waals surface area contributed by atoms with Crippen molar-refractivity contribution in [2.75, 3.05) is 51.8 Å². The Morgan fingerprint density at radius 1 is 1.00 bits per heavy atom. The highest BCUT2D eigenvalue weighted by Crippen LogP contribution is 2.27. The minimum absolute atomic E-state index is 0.561. The van der Waals surface area contributed by atoms with Crippen LogP contribution in [0.2, 0.25) is 0 Å². The Kier molecular flexibility index (Phi) is 9.24. The van der Waals surface area contributed by atoms with Crippen LogP contribution < -0.4 is 14.4 Å². The Morgan fingerprint density at radius 3 is 2.28 bits per heavy atom. The second kappa shape index (κ2) is 12.1. The van der Waals surface area contributed by atoms with Crippen molar-refractivity contribution in [1.82, 2.24) is 4.90 Å². The van der Waals surface area contributed by atoms with Crippen molar-refractivity contribution in [3.8, 4) is 11.5 Å². The van der Waals surface area contributed by atoms with Gasteiger partial charge in [-0.2, -0.15) is 0 Å². The molecule has 1 fully saturated rings. The zero-order valence-corrected chi connectivity index (χ0v) is 20.1. The number of rotatable bonds is 12. The molecule has 0 bridgehead atoms. The van der Waals surface area contributed by atoms with Gasteiger partial charge in [-0.1, -0.05) is 25.5 Å². The smallest absolute Gasteiger partial charge is 0.119 e. The summed E-state index contributed by atoms with van der Waals surface area (Å²) in [4.78, 5) is 4.70. The van der Waals surface area contributed by atoms with Crippen molar-refractivity contribution < 1.29 is 14.6 Å². The summed E-state index contributed by atoms with van der Waals surface area (Å²) in [6.45, 7) is 6.74. The van der Waals surface area contributed by atoms with E-state index >= 15 is 0 Å². The number of aliphatic hydroxyl groups is 1. The fraction of sp³-hybridized carbons (Fsp3) is 0.556. The molecule has 32 heavy (non-hydrogen) atoms. The molecule has 5 heteroatoms. The summed E-state index contributed by atoms with van der Waals surface area (Å²) in [5.41, 5.74) is 1.93. The summed E-state index contributed by atoms with van der Waals surface area (Å²) in [6, 6.07) is 16.6. The molecule has 2 aromatic carbocycles. The number of ether oxygens (including phenoxy) is 2. The Morgan fingerprint density at radius 2 is 1.66 bits per heavy atom. The molecule has 0 saturated carbocycles. The van der Waals surface area contributed by atoms with Crippen molar-refractivity contribution in [3.63, 3.8) is 0 Å². The molecule has 0 radical (unpaired) electrons. The number of hydrogen-bond acceptors (Lipinski definition) is 5. The number of methoxy groups -OCH3 is 1. The van der Waals surface area contributed by atoms with E-state index in [9.17, 15) is 5.11 Å². The third kappa shape index (κ3) is 7.42. The van der Waals surface area contributed by atoms with Crippen LogP contribution in [-0.4, -0.2) is 62.6 Å². The average Bonchev–Trinajstić information content (AvgIpc) is 2.83. The van der Waals surface area contributed by atoms with Gasteiger partial charge in [-0.25, -0.2) is 0 Å². The molecular weight excluding hydrogens is 400 g/mol. The molecule has 1 aliphatic heterocycles. The standard InChI is InChI=1S/C27H40N2O3/c1-4-5-22-32-26-12-8-24(9-13-26)28(2)19-15-27(30)16-20-29(21-17-27)18-14-23-6-10-25(31-3)11-7-23/h6-13,30H,4-5,14-22H2,1-3H3. The monoisotopic (exact) mass is 440 g/mol. The minimum Gasteiger partial charge on any atom is -0.497 e. The lowest BCUT2D eigenvalue weighted by atomic mass is 9.88. The topological polar surface area (TPSA) is 45.2 Å². The first-order valence-electron chi connectivity index (χ1n) is 12.0. The van der Waals surface area contributed by atoms with Crippen molar-refractivity contribution in [1.29, 1.82) is 0 Å². The quantitative estimate of drug-likeness (QED) is 0.482. The zero-order chi connectivity index (χ0) is 22.8. The highest BCUT2D eigenvalue weighted by atomic mass is 16.5. The van der Waals surface area contributed by atoms with Crippen molar-refractivity contribution >= 4 is 5.69 Å². The van der Waals surface area contributed by atoms with Crippen molar-refractivity contribution in [3.05, 3.63) is 54.1 Å². The summed E-state index contributed by atoms with van der Waals surface area (Å²) in [5.74, 6) is 1.83. The van der Waals surface area contributed by atoms with E-state index in [2.05, 4.69) is 48.0 Å². The second-order valence-corrected chi connectivity index (χ2v) is 9.03. The van der Waals surface area contributed by atoms with Gasteiger partial charge in [-0.05, 0) is 74.1 Å². The maximum absolute atomic E-state index is 11.1. The second-order valence-electron chi connectivity index (χ2n) is 9.03. The van der Waals surface area contributed by atoms with Crippen LogP contribution >= 0.6 is 0 Å². The molecule has 1 heterocycles. The van der Waals surface area contributed by atoms with Crippen molar-refractivity contribution in [2.45, 2.75) is 51.0 Å². The number of likely N-dealkylation sites (tertiary alicyclic amines) is 1. The van der Waals surface area contributed by atoms with E-state index in [0.717, 1.165) is 88.5 Å². The zero-order valence-electron chi connectivity index (χ0n) is 20.1. The SMILES string of the molecule is CCCCOc1ccc(N(C)CCC2(O)CCN(CCc3ccc(OC)cc3)CC2)cc1. The average molecular weight is 441 g/mol. The summed E-state index contributed by atoms with van der Waals surface area (Å²) in [6.07, 6.45) is 5.73. The van der Waals surface area contributed by atoms with Crippen LogP contribution in [0, 0.1) is 0 Å². The summed E-state index contributed by atoms with van der Waals surface area (Å²) in [7, 11) is 3.79. The molecule has 0 aliphatic carbocycles. The Hall–Kier alpha value is -2.24. The first-order chi connectivity index (χ1) is 15.5. The lowest BCUT2D eigenvalue weighted by Gasteiger charge is -2.39. The molecule has 1 saturated heterocycles. The molecule has 5 nitrogen and oxygen atoms in total. The number of hydrogen-bond donors (Lipinski definition) is 1. The fourth-order valence-corrected chi connectivity index (χ4v) is 4.16. The van der Waals surface area contributed by atoms with Gasteiger partial charge in [-0.3, -0.25) is 0 Å². The fourth-order valence-electron chi connectivity index (χ4n) is 4.16. The molecule has 0 amide bonds. The number of benzene rings is 2. The third-order valence-electron chi connectivity index (χ3n) is 6.62. The maximum Gasteiger partial charge on any atom is 0.119 e. The first-order valence-corrected chi connectivity index (χ1v) is 12.0. The van der Waals surface area contributed by atoms with E-state index in [1.165, 1.54) is 5.56 Å². The van der Waals surface area contributed by atoms with Gasteiger partial charge in [0.1, 0.15) is 11.5 Å². The van der Waals surface area contributed by atoms with E-state index in [1.807, 2.05) is 24.3 Å². The number of unbranched alkanes of at least 4 members (excludes halogenated alkanes) is 1. The Labute approximate surface area is 193 Å². The lowest BCUT2D eigenvalue weighted by molar-refractivity contribution is -0.0254. The molecule has 0 spiro atoms. The number of nitrogens with zero attached hydrogens (tertiary/aromatic N) is 2. The molecular formula is C27H40N2O3. The van der Waals surface area contributed by atoms with E-state index in [4.69, 9.17) is 9.47 Å². The first kappa shape index (κ1) is 24.4. The summed E-state index contributed by atoms with van der Waals surface area (Å²) in [5, 5.41) is 11.1. The maximum atomic E-state index is 11.1. The highest BCUT2D eigenvalue weighted by Gasteiger charge is 2.32. The molecule has 176 valence electrons. The molecule has 1 N–H and O–H groups in total. The van der Waals surface area contributed by atoms with Gasteiger partial charge in [0, 0.05) is 38.9 Å². The van der Waals surface area contributed by atoms with Crippen molar-refractivity contribution in [2.24, 2.45) is 0 Å². The van der Waals surface area contributed by atoms with Gasteiger partial charge in [0.05, 0.1) is 19.3 Å². The largest absolute Gasteiger partial charge is 0.497 e. The minimum atomic E-state index is -0.561. The molecule has 0 atom stereocenters. The molecule has 2 aromatic rings. The van der Waals surface area contributed by atoms with Crippen LogP contribution in [0.3, 0.4) is 0 Å². The van der Waals surface area contributed by atoms with Crippen LogP contribution in [0.25, 0.3) is 0 Å². The molecule has 0 aromatic heterocycles. The number of piperidine rings is 1. The van der Waals surface area contributed by atoms with E-state index in [-0.39, 0.29) is 0 Å². The van der Waals surface area contributed by atoms with Crippen LogP contribution in [0.5, 0.6) is 11.5 Å². The van der Waals surface area contributed by atoms with Crippen LogP contribution in [0.4, 0.5) is 5.69 Å². The van der Waals surface area contributed by atoms with E-state index in [0.29, 0.717) is 0 Å². The molecule has 1 aliphatic rings. The van der Waals surface area contributed by atoms with Gasteiger partial charge < -0.3 is 24.4 Å². The van der Waals surface area contributed by atoms with Crippen LogP contribution in [-0.2, 0) is 6.42 Å². The number of anilines is 1. The Balaban J connectivity index is 1.38. The Bertz CT molecular complexity index is 784. The molecule has 3 rings (SSSR count). The highest BCUT2D eigenvalue weighted by molar-refractivity contribution is 5.48. The predicted molar refractivity (Wildman–Crippen MR) is 132 cm³/mol. The van der Waals surface area contributed by atoms with Gasteiger partial charge in [0.2, 0.25) is 0 Å².